The molecule has 98 valence electrons. The van der Waals surface area contributed by atoms with Crippen molar-refractivity contribution in [3.8, 4) is 17.2 Å². The van der Waals surface area contributed by atoms with Gasteiger partial charge in [-0.05, 0) is 18.6 Å². The van der Waals surface area contributed by atoms with Gasteiger partial charge in [0, 0.05) is 0 Å². The lowest BCUT2D eigenvalue weighted by atomic mass is 10.1. The number of carbonyl (C=O) groups is 1. The summed E-state index contributed by atoms with van der Waals surface area (Å²) in [4.78, 5) is 11.7. The molecule has 18 heavy (non-hydrogen) atoms. The Labute approximate surface area is 105 Å². The average molecular weight is 252 g/mol. The van der Waals surface area contributed by atoms with Crippen molar-refractivity contribution in [3.05, 3.63) is 30.4 Å². The zero-order chi connectivity index (χ0) is 13.7. The summed E-state index contributed by atoms with van der Waals surface area (Å²) in [6, 6.07) is 2.06. The normalized spacial score (nSPS) is 11.8. The van der Waals surface area contributed by atoms with Crippen LogP contribution in [0.2, 0.25) is 0 Å². The van der Waals surface area contributed by atoms with Crippen molar-refractivity contribution < 1.29 is 24.9 Å². The molecule has 0 amide bonds. The molecular formula is C13H16O5. The quantitative estimate of drug-likeness (QED) is 0.425. The Kier molecular flexibility index (Phi) is 4.59. The first-order valence-electron chi connectivity index (χ1n) is 5.58. The van der Waals surface area contributed by atoms with Crippen LogP contribution in [0.25, 0.3) is 0 Å². The zero-order valence-electron chi connectivity index (χ0n) is 10.1. The van der Waals surface area contributed by atoms with E-state index in [9.17, 15) is 15.0 Å². The minimum absolute atomic E-state index is 0.0363. The van der Waals surface area contributed by atoms with Crippen LogP contribution < -0.4 is 0 Å². The lowest BCUT2D eigenvalue weighted by molar-refractivity contribution is 0.0379. The standard InChI is InChI=1S/C13H16O5/c1-3-5-9(4-2)18-13(17)8-6-10(14)12(16)11(15)7-8/h4,6-7,9,14-16H,2-3,5H2,1H3. The van der Waals surface area contributed by atoms with E-state index in [2.05, 4.69) is 6.58 Å². The van der Waals surface area contributed by atoms with Crippen LogP contribution in [-0.4, -0.2) is 27.4 Å². The van der Waals surface area contributed by atoms with E-state index in [4.69, 9.17) is 9.84 Å². The largest absolute Gasteiger partial charge is 0.504 e. The Morgan fingerprint density at radius 3 is 2.39 bits per heavy atom. The molecule has 1 aromatic rings. The van der Waals surface area contributed by atoms with Crippen LogP contribution in [-0.2, 0) is 4.74 Å². The first kappa shape index (κ1) is 13.9. The van der Waals surface area contributed by atoms with E-state index >= 15 is 0 Å². The maximum Gasteiger partial charge on any atom is 0.338 e. The number of phenolic OH excluding ortho intramolecular Hbond substituents is 3. The third-order valence-electron chi connectivity index (χ3n) is 2.40. The first-order chi connectivity index (χ1) is 8.49. The molecule has 0 heterocycles. The number of phenols is 3. The number of aromatic hydroxyl groups is 3. The summed E-state index contributed by atoms with van der Waals surface area (Å²) < 4.78 is 5.12. The summed E-state index contributed by atoms with van der Waals surface area (Å²) in [5.41, 5.74) is -0.0363. The molecule has 0 spiro atoms. The minimum Gasteiger partial charge on any atom is -0.504 e. The van der Waals surface area contributed by atoms with E-state index in [1.807, 2.05) is 6.92 Å². The molecule has 5 heteroatoms. The van der Waals surface area contributed by atoms with Crippen molar-refractivity contribution in [1.82, 2.24) is 0 Å². The highest BCUT2D eigenvalue weighted by Crippen LogP contribution is 2.35. The summed E-state index contributed by atoms with van der Waals surface area (Å²) in [5.74, 6) is -2.51. The third kappa shape index (κ3) is 3.16. The van der Waals surface area contributed by atoms with Crippen molar-refractivity contribution in [2.75, 3.05) is 0 Å². The molecule has 1 unspecified atom stereocenters. The molecule has 0 aliphatic heterocycles. The summed E-state index contributed by atoms with van der Waals surface area (Å²) in [6.07, 6.45) is 2.57. The summed E-state index contributed by atoms with van der Waals surface area (Å²) in [6.45, 7) is 5.51. The molecule has 3 N–H and O–H groups in total. The van der Waals surface area contributed by atoms with Crippen molar-refractivity contribution in [3.63, 3.8) is 0 Å². The highest BCUT2D eigenvalue weighted by Gasteiger charge is 2.17. The van der Waals surface area contributed by atoms with E-state index in [0.717, 1.165) is 18.6 Å². The number of ether oxygens (including phenoxy) is 1. The van der Waals surface area contributed by atoms with Crippen LogP contribution in [0.4, 0.5) is 0 Å². The van der Waals surface area contributed by atoms with Gasteiger partial charge in [0.1, 0.15) is 6.10 Å². The second-order valence-electron chi connectivity index (χ2n) is 3.83. The number of hydrogen-bond acceptors (Lipinski definition) is 5. The van der Waals surface area contributed by atoms with Gasteiger partial charge in [0.25, 0.3) is 0 Å². The Morgan fingerprint density at radius 2 is 1.94 bits per heavy atom. The number of carbonyl (C=O) groups excluding carboxylic acids is 1. The van der Waals surface area contributed by atoms with Crippen LogP contribution in [0.3, 0.4) is 0 Å². The van der Waals surface area contributed by atoms with Crippen molar-refractivity contribution >= 4 is 5.97 Å². The SMILES string of the molecule is C=CC(CCC)OC(=O)c1cc(O)c(O)c(O)c1. The van der Waals surface area contributed by atoms with Gasteiger partial charge < -0.3 is 20.1 Å². The van der Waals surface area contributed by atoms with E-state index in [-0.39, 0.29) is 5.56 Å². The van der Waals surface area contributed by atoms with Gasteiger partial charge in [0.05, 0.1) is 5.56 Å². The van der Waals surface area contributed by atoms with Gasteiger partial charge in [0.15, 0.2) is 17.2 Å². The summed E-state index contributed by atoms with van der Waals surface area (Å²) in [7, 11) is 0. The fourth-order valence-electron chi connectivity index (χ4n) is 1.44. The maximum atomic E-state index is 11.7. The number of hydrogen-bond donors (Lipinski definition) is 3. The summed E-state index contributed by atoms with van der Waals surface area (Å²) >= 11 is 0. The second-order valence-corrected chi connectivity index (χ2v) is 3.83. The lowest BCUT2D eigenvalue weighted by Crippen LogP contribution is -2.15. The van der Waals surface area contributed by atoms with Gasteiger partial charge in [-0.25, -0.2) is 4.79 Å². The molecule has 1 aromatic carbocycles. The van der Waals surface area contributed by atoms with E-state index in [1.165, 1.54) is 6.08 Å². The summed E-state index contributed by atoms with van der Waals surface area (Å²) in [5, 5.41) is 27.7. The predicted molar refractivity (Wildman–Crippen MR) is 65.7 cm³/mol. The average Bonchev–Trinajstić information content (AvgIpc) is 2.34. The Hall–Kier alpha value is -2.17. The maximum absolute atomic E-state index is 11.7. The van der Waals surface area contributed by atoms with E-state index in [1.54, 1.807) is 0 Å². The van der Waals surface area contributed by atoms with Gasteiger partial charge in [-0.15, -0.1) is 0 Å². The Balaban J connectivity index is 2.87. The number of benzene rings is 1. The first-order valence-corrected chi connectivity index (χ1v) is 5.58. The van der Waals surface area contributed by atoms with Crippen LogP contribution in [0, 0.1) is 0 Å². The predicted octanol–water partition coefficient (Wildman–Crippen LogP) is 2.31. The van der Waals surface area contributed by atoms with Gasteiger partial charge >= 0.3 is 5.97 Å². The fourth-order valence-corrected chi connectivity index (χ4v) is 1.44. The second kappa shape index (κ2) is 5.95. The van der Waals surface area contributed by atoms with Crippen LogP contribution in [0.5, 0.6) is 17.2 Å². The van der Waals surface area contributed by atoms with Gasteiger partial charge in [-0.1, -0.05) is 26.0 Å². The monoisotopic (exact) mass is 252 g/mol. The molecule has 0 aliphatic carbocycles. The zero-order valence-corrected chi connectivity index (χ0v) is 10.1. The molecule has 0 saturated carbocycles. The van der Waals surface area contributed by atoms with Crippen LogP contribution in [0.1, 0.15) is 30.1 Å². The van der Waals surface area contributed by atoms with Gasteiger partial charge in [-0.3, -0.25) is 0 Å². The molecular weight excluding hydrogens is 236 g/mol. The lowest BCUT2D eigenvalue weighted by Gasteiger charge is -2.13. The smallest absolute Gasteiger partial charge is 0.338 e. The van der Waals surface area contributed by atoms with E-state index in [0.29, 0.717) is 6.42 Å². The molecule has 0 radical (unpaired) electrons. The molecule has 0 aliphatic rings. The molecule has 0 fully saturated rings. The van der Waals surface area contributed by atoms with Crippen molar-refractivity contribution in [2.24, 2.45) is 0 Å². The van der Waals surface area contributed by atoms with Gasteiger partial charge in [-0.2, -0.15) is 0 Å². The van der Waals surface area contributed by atoms with Crippen molar-refractivity contribution in [2.45, 2.75) is 25.9 Å². The van der Waals surface area contributed by atoms with Gasteiger partial charge in [0.2, 0.25) is 0 Å². The van der Waals surface area contributed by atoms with E-state index < -0.39 is 29.3 Å². The molecule has 0 bridgehead atoms. The highest BCUT2D eigenvalue weighted by molar-refractivity contribution is 5.91. The van der Waals surface area contributed by atoms with Crippen molar-refractivity contribution in [1.29, 1.82) is 0 Å². The fraction of sp³-hybridized carbons (Fsp3) is 0.308. The van der Waals surface area contributed by atoms with Crippen LogP contribution >= 0.6 is 0 Å². The Morgan fingerprint density at radius 1 is 1.39 bits per heavy atom. The number of rotatable bonds is 5. The highest BCUT2D eigenvalue weighted by atomic mass is 16.5. The molecule has 0 aromatic heterocycles. The topological polar surface area (TPSA) is 87.0 Å². The number of esters is 1. The molecule has 5 nitrogen and oxygen atoms in total. The molecule has 1 rings (SSSR count). The van der Waals surface area contributed by atoms with Crippen LogP contribution in [0.15, 0.2) is 24.8 Å². The molecule has 1 atom stereocenters. The third-order valence-corrected chi connectivity index (χ3v) is 2.40. The minimum atomic E-state index is -0.695. The molecule has 0 saturated heterocycles. The Bertz CT molecular complexity index is 430.